The quantitative estimate of drug-likeness (QED) is 0.760. The Morgan fingerprint density at radius 3 is 2.56 bits per heavy atom. The topological polar surface area (TPSA) is 85.3 Å². The Morgan fingerprint density at radius 1 is 1.20 bits per heavy atom. The first-order valence-electron chi connectivity index (χ1n) is 7.84. The molecular weight excluding hydrogens is 344 g/mol. The zero-order chi connectivity index (χ0) is 18.0. The van der Waals surface area contributed by atoms with Gasteiger partial charge in [0.05, 0.1) is 23.4 Å². The van der Waals surface area contributed by atoms with Gasteiger partial charge in [-0.2, -0.15) is 0 Å². The fraction of sp³-hybridized carbons (Fsp3) is 0.353. The molecule has 0 aliphatic carbocycles. The van der Waals surface area contributed by atoms with Crippen molar-refractivity contribution in [2.24, 2.45) is 0 Å². The van der Waals surface area contributed by atoms with Crippen molar-refractivity contribution in [2.45, 2.75) is 19.8 Å². The van der Waals surface area contributed by atoms with Gasteiger partial charge in [0.25, 0.3) is 5.91 Å². The van der Waals surface area contributed by atoms with Gasteiger partial charge in [-0.25, -0.2) is 14.8 Å². The Labute approximate surface area is 150 Å². The molecule has 0 aromatic carbocycles. The summed E-state index contributed by atoms with van der Waals surface area (Å²) >= 11 is 5.76. The van der Waals surface area contributed by atoms with Crippen LogP contribution in [0.4, 0.5) is 0 Å². The van der Waals surface area contributed by atoms with Crippen LogP contribution in [0.5, 0.6) is 0 Å². The van der Waals surface area contributed by atoms with Crippen molar-refractivity contribution >= 4 is 23.5 Å². The number of rotatable bonds is 2. The molecule has 0 saturated carbocycles. The maximum atomic E-state index is 12.6. The highest BCUT2D eigenvalue weighted by Crippen LogP contribution is 2.19. The largest absolute Gasteiger partial charge is 0.465 e. The van der Waals surface area contributed by atoms with E-state index in [1.807, 2.05) is 6.07 Å². The molecule has 1 aliphatic rings. The highest BCUT2D eigenvalue weighted by atomic mass is 35.5. The molecule has 0 unspecified atom stereocenters. The molecule has 0 radical (unpaired) electrons. The summed E-state index contributed by atoms with van der Waals surface area (Å²) < 4.78 is 4.80. The molecule has 1 amide bonds. The molecule has 1 aliphatic heterocycles. The van der Waals surface area contributed by atoms with Gasteiger partial charge in [0.15, 0.2) is 0 Å². The van der Waals surface area contributed by atoms with E-state index in [0.717, 1.165) is 11.3 Å². The van der Waals surface area contributed by atoms with E-state index in [1.54, 1.807) is 11.8 Å². The van der Waals surface area contributed by atoms with Crippen molar-refractivity contribution in [3.63, 3.8) is 0 Å². The summed E-state index contributed by atoms with van der Waals surface area (Å²) in [6.07, 6.45) is 4.02. The van der Waals surface area contributed by atoms with Crippen molar-refractivity contribution in [1.29, 1.82) is 0 Å². The second-order valence-corrected chi connectivity index (χ2v) is 6.17. The smallest absolute Gasteiger partial charge is 0.339 e. The third-order valence-electron chi connectivity index (χ3n) is 4.16. The summed E-state index contributed by atoms with van der Waals surface area (Å²) in [4.78, 5) is 38.6. The molecule has 130 valence electrons. The number of pyridine rings is 1. The molecule has 0 N–H and O–H groups in total. The number of amides is 1. The number of hydrogen-bond donors (Lipinski definition) is 0. The molecular formula is C17H17ClN4O3. The lowest BCUT2D eigenvalue weighted by Gasteiger charge is -2.18. The molecule has 2 aromatic heterocycles. The van der Waals surface area contributed by atoms with E-state index in [0.29, 0.717) is 42.2 Å². The molecule has 3 heterocycles. The minimum atomic E-state index is -0.403. The van der Waals surface area contributed by atoms with Gasteiger partial charge in [0.1, 0.15) is 0 Å². The van der Waals surface area contributed by atoms with Gasteiger partial charge < -0.3 is 9.64 Å². The molecule has 0 spiro atoms. The Balaban J connectivity index is 1.81. The second kappa shape index (κ2) is 7.14. The molecule has 8 heteroatoms. The van der Waals surface area contributed by atoms with Crippen molar-refractivity contribution < 1.29 is 14.3 Å². The fourth-order valence-corrected chi connectivity index (χ4v) is 2.92. The van der Waals surface area contributed by atoms with E-state index >= 15 is 0 Å². The average molecular weight is 361 g/mol. The zero-order valence-electron chi connectivity index (χ0n) is 14.0. The minimum absolute atomic E-state index is 0.120. The average Bonchev–Trinajstić information content (AvgIpc) is 2.82. The zero-order valence-corrected chi connectivity index (χ0v) is 14.7. The van der Waals surface area contributed by atoms with Crippen LogP contribution in [0.2, 0.25) is 5.02 Å². The number of aromatic nitrogens is 3. The lowest BCUT2D eigenvalue weighted by molar-refractivity contribution is 0.0598. The SMILES string of the molecule is COC(=O)c1cc2c(nc1C)CCN(C(=O)c1ncc(Cl)cn1)CC2. The summed E-state index contributed by atoms with van der Waals surface area (Å²) in [5.74, 6) is -0.524. The van der Waals surface area contributed by atoms with Crippen molar-refractivity contribution in [3.05, 3.63) is 51.8 Å². The molecule has 0 saturated heterocycles. The van der Waals surface area contributed by atoms with Crippen LogP contribution >= 0.6 is 11.6 Å². The van der Waals surface area contributed by atoms with Crippen LogP contribution in [-0.4, -0.2) is 51.9 Å². The van der Waals surface area contributed by atoms with Crippen LogP contribution in [0.1, 0.15) is 37.9 Å². The Bertz CT molecular complexity index is 823. The number of fused-ring (bicyclic) bond motifs is 1. The van der Waals surface area contributed by atoms with E-state index in [9.17, 15) is 9.59 Å². The van der Waals surface area contributed by atoms with Gasteiger partial charge >= 0.3 is 5.97 Å². The maximum Gasteiger partial charge on any atom is 0.339 e. The van der Waals surface area contributed by atoms with Gasteiger partial charge in [-0.05, 0) is 25.0 Å². The van der Waals surface area contributed by atoms with Gasteiger partial charge in [0.2, 0.25) is 5.82 Å². The van der Waals surface area contributed by atoms with Crippen LogP contribution in [0, 0.1) is 6.92 Å². The van der Waals surface area contributed by atoms with Crippen LogP contribution in [0.15, 0.2) is 18.5 Å². The number of carbonyl (C=O) groups excluding carboxylic acids is 2. The summed E-state index contributed by atoms with van der Waals surface area (Å²) in [5.41, 5.74) is 2.95. The Morgan fingerprint density at radius 2 is 1.88 bits per heavy atom. The van der Waals surface area contributed by atoms with Crippen LogP contribution < -0.4 is 0 Å². The van der Waals surface area contributed by atoms with E-state index in [1.165, 1.54) is 19.5 Å². The van der Waals surface area contributed by atoms with Gasteiger partial charge in [0, 0.05) is 37.6 Å². The monoisotopic (exact) mass is 360 g/mol. The predicted octanol–water partition coefficient (Wildman–Crippen LogP) is 1.86. The number of ether oxygens (including phenoxy) is 1. The van der Waals surface area contributed by atoms with Crippen molar-refractivity contribution in [2.75, 3.05) is 20.2 Å². The van der Waals surface area contributed by atoms with E-state index in [-0.39, 0.29) is 11.7 Å². The first-order chi connectivity index (χ1) is 12.0. The maximum absolute atomic E-state index is 12.6. The van der Waals surface area contributed by atoms with Gasteiger partial charge in [-0.15, -0.1) is 0 Å². The molecule has 0 atom stereocenters. The van der Waals surface area contributed by atoms with Gasteiger partial charge in [-0.1, -0.05) is 11.6 Å². The Kier molecular flexibility index (Phi) is 4.94. The molecule has 0 fully saturated rings. The fourth-order valence-electron chi connectivity index (χ4n) is 2.82. The number of methoxy groups -OCH3 is 1. The lowest BCUT2D eigenvalue weighted by atomic mass is 10.0. The minimum Gasteiger partial charge on any atom is -0.465 e. The molecule has 0 bridgehead atoms. The highest BCUT2D eigenvalue weighted by molar-refractivity contribution is 6.30. The van der Waals surface area contributed by atoms with Crippen LogP contribution in [0.3, 0.4) is 0 Å². The molecule has 25 heavy (non-hydrogen) atoms. The number of halogens is 1. The molecule has 2 aromatic rings. The number of esters is 1. The third-order valence-corrected chi connectivity index (χ3v) is 4.35. The second-order valence-electron chi connectivity index (χ2n) is 5.74. The first kappa shape index (κ1) is 17.3. The molecule has 3 rings (SSSR count). The predicted molar refractivity (Wildman–Crippen MR) is 90.7 cm³/mol. The number of nitrogens with zero attached hydrogens (tertiary/aromatic N) is 4. The summed E-state index contributed by atoms with van der Waals surface area (Å²) in [7, 11) is 1.35. The lowest BCUT2D eigenvalue weighted by Crippen LogP contribution is -2.34. The van der Waals surface area contributed by atoms with Crippen LogP contribution in [-0.2, 0) is 17.6 Å². The Hall–Kier alpha value is -2.54. The van der Waals surface area contributed by atoms with Crippen molar-refractivity contribution in [3.8, 4) is 0 Å². The normalized spacial score (nSPS) is 13.8. The molecule has 7 nitrogen and oxygen atoms in total. The summed E-state index contributed by atoms with van der Waals surface area (Å²) in [6, 6.07) is 1.82. The number of hydrogen-bond acceptors (Lipinski definition) is 6. The van der Waals surface area contributed by atoms with Crippen molar-refractivity contribution in [1.82, 2.24) is 19.9 Å². The van der Waals surface area contributed by atoms with E-state index in [4.69, 9.17) is 16.3 Å². The number of aryl methyl sites for hydroxylation is 1. The van der Waals surface area contributed by atoms with E-state index < -0.39 is 5.97 Å². The number of carbonyl (C=O) groups is 2. The summed E-state index contributed by atoms with van der Waals surface area (Å²) in [5, 5.41) is 0.384. The standard InChI is InChI=1S/C17H17ClN4O3/c1-10-13(17(24)25-2)7-11-3-5-22(6-4-14(11)21-10)16(23)15-19-8-12(18)9-20-15/h7-9H,3-6H2,1-2H3. The van der Waals surface area contributed by atoms with E-state index in [2.05, 4.69) is 15.0 Å². The third kappa shape index (κ3) is 3.61. The highest BCUT2D eigenvalue weighted by Gasteiger charge is 2.24. The van der Waals surface area contributed by atoms with Crippen LogP contribution in [0.25, 0.3) is 0 Å². The van der Waals surface area contributed by atoms with Gasteiger partial charge in [-0.3, -0.25) is 9.78 Å². The first-order valence-corrected chi connectivity index (χ1v) is 8.22. The summed E-state index contributed by atoms with van der Waals surface area (Å²) in [6.45, 7) is 2.80.